The molecule has 0 spiro atoms. The van der Waals surface area contributed by atoms with E-state index in [9.17, 15) is 19.1 Å². The van der Waals surface area contributed by atoms with Crippen molar-refractivity contribution in [2.75, 3.05) is 11.1 Å². The summed E-state index contributed by atoms with van der Waals surface area (Å²) in [6.07, 6.45) is 0.852. The topological polar surface area (TPSA) is 149 Å². The summed E-state index contributed by atoms with van der Waals surface area (Å²) in [5, 5.41) is 20.1. The zero-order valence-electron chi connectivity index (χ0n) is 23.2. The molecule has 6 rings (SSSR count). The van der Waals surface area contributed by atoms with Gasteiger partial charge in [0.1, 0.15) is 33.6 Å². The Morgan fingerprint density at radius 2 is 1.88 bits per heavy atom. The number of nitrogens with one attached hydrogen (secondary N) is 1. The molecule has 5 aromatic rings. The summed E-state index contributed by atoms with van der Waals surface area (Å²) in [5.41, 5.74) is 7.25. The highest BCUT2D eigenvalue weighted by Gasteiger charge is 2.50. The number of carboxylic acids is 1. The van der Waals surface area contributed by atoms with Crippen LogP contribution in [0.2, 0.25) is 0 Å². The van der Waals surface area contributed by atoms with Crippen LogP contribution in [0.15, 0.2) is 53.9 Å². The molecule has 0 radical (unpaired) electrons. The number of rotatable bonds is 8. The van der Waals surface area contributed by atoms with Gasteiger partial charge in [-0.3, -0.25) is 14.3 Å². The number of aliphatic carboxylic acids is 1. The maximum atomic E-state index is 14.4. The molecule has 42 heavy (non-hydrogen) atoms. The molecule has 0 saturated heterocycles. The third-order valence-electron chi connectivity index (χ3n) is 7.84. The molecule has 4 N–H and O–H groups in total. The molecular formula is C30H28FN7O3S. The zero-order chi connectivity index (χ0) is 29.8. The smallest absolute Gasteiger partial charge is 0.309 e. The number of aromatic nitrogens is 5. The highest BCUT2D eigenvalue weighted by molar-refractivity contribution is 7.10. The number of hydrogen-bond acceptors (Lipinski definition) is 8. The first-order valence-corrected chi connectivity index (χ1v) is 14.2. The lowest BCUT2D eigenvalue weighted by Crippen LogP contribution is -2.33. The minimum atomic E-state index is -1.23. The van der Waals surface area contributed by atoms with E-state index in [4.69, 9.17) is 15.8 Å². The zero-order valence-corrected chi connectivity index (χ0v) is 24.0. The number of amides is 1. The minimum Gasteiger partial charge on any atom is -0.481 e. The lowest BCUT2D eigenvalue weighted by atomic mass is 9.85. The molecule has 1 aliphatic rings. The lowest BCUT2D eigenvalue weighted by Gasteiger charge is -2.20. The predicted octanol–water partition coefficient (Wildman–Crippen LogP) is 5.02. The molecule has 214 valence electrons. The van der Waals surface area contributed by atoms with E-state index in [0.29, 0.717) is 40.4 Å². The Balaban J connectivity index is 1.37. The average Bonchev–Trinajstić information content (AvgIpc) is 3.64. The van der Waals surface area contributed by atoms with Crippen LogP contribution in [0.3, 0.4) is 0 Å². The van der Waals surface area contributed by atoms with Crippen LogP contribution < -0.4 is 11.1 Å². The maximum Gasteiger partial charge on any atom is 0.309 e. The van der Waals surface area contributed by atoms with E-state index in [-0.39, 0.29) is 35.7 Å². The maximum absolute atomic E-state index is 14.4. The first kappa shape index (κ1) is 27.5. The highest BCUT2D eigenvalue weighted by atomic mass is 32.1. The molecule has 12 heteroatoms. The number of thiazole rings is 1. The number of anilines is 2. The Kier molecular flexibility index (Phi) is 6.53. The van der Waals surface area contributed by atoms with Gasteiger partial charge in [-0.1, -0.05) is 36.4 Å². The third-order valence-corrected chi connectivity index (χ3v) is 8.95. The van der Waals surface area contributed by atoms with E-state index < -0.39 is 16.8 Å². The number of nitrogens with two attached hydrogens (primary N) is 1. The number of para-hydroxylation sites is 1. The Morgan fingerprint density at radius 1 is 1.14 bits per heavy atom. The van der Waals surface area contributed by atoms with Crippen molar-refractivity contribution in [2.24, 2.45) is 5.41 Å². The van der Waals surface area contributed by atoms with Gasteiger partial charge in [0.25, 0.3) is 0 Å². The fourth-order valence-corrected chi connectivity index (χ4v) is 6.14. The number of fused-ring (bicyclic) bond motifs is 2. The molecule has 10 nitrogen and oxygen atoms in total. The molecular weight excluding hydrogens is 557 g/mol. The van der Waals surface area contributed by atoms with Gasteiger partial charge in [0.15, 0.2) is 5.82 Å². The van der Waals surface area contributed by atoms with Crippen LogP contribution in [0.4, 0.5) is 16.0 Å². The normalized spacial score (nSPS) is 16.5. The van der Waals surface area contributed by atoms with Crippen LogP contribution in [0, 0.1) is 11.2 Å². The quantitative estimate of drug-likeness (QED) is 0.230. The van der Waals surface area contributed by atoms with Gasteiger partial charge < -0.3 is 16.2 Å². The van der Waals surface area contributed by atoms with E-state index in [1.807, 2.05) is 29.6 Å². The minimum absolute atomic E-state index is 0.118. The Bertz CT molecular complexity index is 1880. The first-order valence-electron chi connectivity index (χ1n) is 13.4. The Hall–Kier alpha value is -4.71. The standard InChI is InChI=1S/C30H28FN7O3S/c1-29(2,28(40)41)13-12-17-15-42-27(33-17)30(3)21-23(32)34-25(35-24(21)36-26(30)39)22-18-9-5-7-11-20(18)38(37-22)14-16-8-4-6-10-19(16)31/h4-11,15H,12-14H2,1-3H3,(H,40,41)(H3,32,34,35,36,39). The van der Waals surface area contributed by atoms with Crippen molar-refractivity contribution in [1.82, 2.24) is 24.7 Å². The second-order valence-corrected chi connectivity index (χ2v) is 12.0. The lowest BCUT2D eigenvalue weighted by molar-refractivity contribution is -0.147. The molecule has 1 atom stereocenters. The van der Waals surface area contributed by atoms with Crippen LogP contribution in [0.1, 0.15) is 49.0 Å². The number of carbonyl (C=O) groups excluding carboxylic acids is 1. The van der Waals surface area contributed by atoms with Crippen molar-refractivity contribution >= 4 is 45.8 Å². The molecule has 1 aliphatic heterocycles. The highest BCUT2D eigenvalue weighted by Crippen LogP contribution is 2.46. The van der Waals surface area contributed by atoms with Gasteiger partial charge in [-0.25, -0.2) is 19.3 Å². The summed E-state index contributed by atoms with van der Waals surface area (Å²) < 4.78 is 16.1. The molecule has 3 aromatic heterocycles. The average molecular weight is 586 g/mol. The third kappa shape index (κ3) is 4.48. The summed E-state index contributed by atoms with van der Waals surface area (Å²) in [6, 6.07) is 14.1. The molecule has 0 bridgehead atoms. The number of nitrogen functional groups attached to an aromatic ring is 1. The number of hydrogen-bond donors (Lipinski definition) is 3. The van der Waals surface area contributed by atoms with E-state index in [1.54, 1.807) is 43.7 Å². The summed E-state index contributed by atoms with van der Waals surface area (Å²) in [4.78, 5) is 38.9. The predicted molar refractivity (Wildman–Crippen MR) is 158 cm³/mol. The summed E-state index contributed by atoms with van der Waals surface area (Å²) >= 11 is 1.31. The van der Waals surface area contributed by atoms with Gasteiger partial charge >= 0.3 is 5.97 Å². The fourth-order valence-electron chi connectivity index (χ4n) is 5.12. The fraction of sp³-hybridized carbons (Fsp3) is 0.267. The van der Waals surface area contributed by atoms with E-state index in [2.05, 4.69) is 15.3 Å². The number of carboxylic acid groups (broad SMARTS) is 1. The van der Waals surface area contributed by atoms with Gasteiger partial charge in [-0.2, -0.15) is 5.10 Å². The van der Waals surface area contributed by atoms with E-state index >= 15 is 0 Å². The summed E-state index contributed by atoms with van der Waals surface area (Å²) in [5.74, 6) is -0.907. The number of aryl methyl sites for hydroxylation is 1. The molecule has 4 heterocycles. The first-order chi connectivity index (χ1) is 20.0. The van der Waals surface area contributed by atoms with Gasteiger partial charge in [-0.05, 0) is 45.7 Å². The number of nitrogens with zero attached hydrogens (tertiary/aromatic N) is 5. The van der Waals surface area contributed by atoms with Gasteiger partial charge in [-0.15, -0.1) is 11.3 Å². The van der Waals surface area contributed by atoms with Crippen LogP contribution >= 0.6 is 11.3 Å². The van der Waals surface area contributed by atoms with Crippen molar-refractivity contribution < 1.29 is 19.1 Å². The Morgan fingerprint density at radius 3 is 2.64 bits per heavy atom. The molecule has 1 unspecified atom stereocenters. The Labute approximate surface area is 244 Å². The SMILES string of the molecule is CC(C)(CCc1csc(C2(C)C(=O)Nc3nc(-c4nn(Cc5ccccc5F)c5ccccc45)nc(N)c32)n1)C(=O)O. The van der Waals surface area contributed by atoms with Crippen molar-refractivity contribution in [1.29, 1.82) is 0 Å². The number of halogens is 1. The monoisotopic (exact) mass is 585 g/mol. The number of carbonyl (C=O) groups is 2. The summed E-state index contributed by atoms with van der Waals surface area (Å²) in [6.45, 7) is 5.28. The van der Waals surface area contributed by atoms with Crippen molar-refractivity contribution in [3.05, 3.63) is 81.6 Å². The largest absolute Gasteiger partial charge is 0.481 e. The molecule has 1 amide bonds. The van der Waals surface area contributed by atoms with Crippen LogP contribution in [-0.2, 0) is 28.0 Å². The second kappa shape index (κ2) is 9.98. The van der Waals surface area contributed by atoms with Crippen molar-refractivity contribution in [3.8, 4) is 11.5 Å². The molecule has 0 saturated carbocycles. The van der Waals surface area contributed by atoms with Crippen LogP contribution in [0.5, 0.6) is 0 Å². The van der Waals surface area contributed by atoms with E-state index in [1.165, 1.54) is 17.4 Å². The van der Waals surface area contributed by atoms with Crippen LogP contribution in [-0.4, -0.2) is 41.7 Å². The number of benzene rings is 2. The van der Waals surface area contributed by atoms with Crippen molar-refractivity contribution in [3.63, 3.8) is 0 Å². The summed E-state index contributed by atoms with van der Waals surface area (Å²) in [7, 11) is 0. The van der Waals surface area contributed by atoms with Gasteiger partial charge in [0.2, 0.25) is 5.91 Å². The van der Waals surface area contributed by atoms with Gasteiger partial charge in [0, 0.05) is 16.3 Å². The van der Waals surface area contributed by atoms with Crippen molar-refractivity contribution in [2.45, 2.75) is 45.6 Å². The van der Waals surface area contributed by atoms with Crippen LogP contribution in [0.25, 0.3) is 22.4 Å². The van der Waals surface area contributed by atoms with Gasteiger partial charge in [0.05, 0.1) is 28.7 Å². The molecule has 2 aromatic carbocycles. The van der Waals surface area contributed by atoms with E-state index in [0.717, 1.165) is 10.9 Å². The molecule has 0 aliphatic carbocycles. The second-order valence-electron chi connectivity index (χ2n) is 11.2. The molecule has 0 fully saturated rings.